The van der Waals surface area contributed by atoms with Crippen molar-refractivity contribution in [2.24, 2.45) is 0 Å². The van der Waals surface area contributed by atoms with Crippen LogP contribution < -0.4 is 4.90 Å². The lowest BCUT2D eigenvalue weighted by Crippen LogP contribution is -2.47. The highest BCUT2D eigenvalue weighted by Crippen LogP contribution is 2.22. The molecule has 0 aliphatic carbocycles. The minimum atomic E-state index is -0.285. The fourth-order valence-corrected chi connectivity index (χ4v) is 4.12. The van der Waals surface area contributed by atoms with E-state index in [1.807, 2.05) is 29.4 Å². The van der Waals surface area contributed by atoms with Gasteiger partial charge in [0, 0.05) is 38.1 Å². The summed E-state index contributed by atoms with van der Waals surface area (Å²) in [7, 11) is 3.99. The molecule has 1 atom stereocenters. The van der Waals surface area contributed by atoms with Crippen molar-refractivity contribution in [3.8, 4) is 11.8 Å². The number of hydrogen-bond acceptors (Lipinski definition) is 7. The quantitative estimate of drug-likeness (QED) is 0.517. The molecule has 3 heterocycles. The molecule has 1 aliphatic rings. The van der Waals surface area contributed by atoms with Crippen LogP contribution in [0.15, 0.2) is 42.6 Å². The van der Waals surface area contributed by atoms with Crippen molar-refractivity contribution in [2.45, 2.75) is 19.6 Å². The Morgan fingerprint density at radius 3 is 2.48 bits per heavy atom. The van der Waals surface area contributed by atoms with E-state index in [1.54, 1.807) is 24.4 Å². The summed E-state index contributed by atoms with van der Waals surface area (Å²) in [6.07, 6.45) is 1.68. The molecular formula is C23H27FN8S. The zero-order valence-electron chi connectivity index (χ0n) is 19.0. The van der Waals surface area contributed by atoms with Crippen molar-refractivity contribution in [3.05, 3.63) is 64.6 Å². The number of halogens is 1. The number of nitriles is 1. The van der Waals surface area contributed by atoms with E-state index in [0.29, 0.717) is 17.0 Å². The highest BCUT2D eigenvalue weighted by Gasteiger charge is 2.23. The number of anilines is 1. The Labute approximate surface area is 198 Å². The van der Waals surface area contributed by atoms with Gasteiger partial charge >= 0.3 is 0 Å². The first kappa shape index (κ1) is 23.0. The summed E-state index contributed by atoms with van der Waals surface area (Å²) in [5.41, 5.74) is 1.41. The van der Waals surface area contributed by atoms with Gasteiger partial charge in [0.15, 0.2) is 5.82 Å². The van der Waals surface area contributed by atoms with Crippen molar-refractivity contribution in [1.82, 2.24) is 29.1 Å². The standard InChI is InChI=1S/C23H27FN8S/c1-17(28(2)3)22-27-31(23(33)32(22)20-6-4-19(24)5-7-20)16-29-10-12-30(13-11-29)21-14-18(15-25)8-9-26-21/h4-9,14,17H,10-13,16H2,1-3H3. The van der Waals surface area contributed by atoms with Gasteiger partial charge in [0.2, 0.25) is 4.77 Å². The molecule has 0 spiro atoms. The van der Waals surface area contributed by atoms with Gasteiger partial charge in [-0.1, -0.05) is 0 Å². The van der Waals surface area contributed by atoms with Gasteiger partial charge in [0.1, 0.15) is 11.6 Å². The zero-order valence-corrected chi connectivity index (χ0v) is 19.8. The molecule has 1 fully saturated rings. The van der Waals surface area contributed by atoms with Crippen LogP contribution in [-0.4, -0.2) is 69.4 Å². The number of benzene rings is 1. The van der Waals surface area contributed by atoms with Crippen LogP contribution in [0.4, 0.5) is 10.2 Å². The minimum absolute atomic E-state index is 0.0216. The van der Waals surface area contributed by atoms with Gasteiger partial charge in [-0.05, 0) is 69.6 Å². The van der Waals surface area contributed by atoms with Gasteiger partial charge in [0.05, 0.1) is 24.3 Å². The van der Waals surface area contributed by atoms with E-state index < -0.39 is 0 Å². The van der Waals surface area contributed by atoms with E-state index in [-0.39, 0.29) is 11.9 Å². The fourth-order valence-electron chi connectivity index (χ4n) is 3.82. The fraction of sp³-hybridized carbons (Fsp3) is 0.391. The van der Waals surface area contributed by atoms with Crippen LogP contribution in [0.2, 0.25) is 0 Å². The zero-order chi connectivity index (χ0) is 23.5. The average molecular weight is 467 g/mol. The lowest BCUT2D eigenvalue weighted by atomic mass is 10.2. The van der Waals surface area contributed by atoms with Crippen molar-refractivity contribution in [3.63, 3.8) is 0 Å². The minimum Gasteiger partial charge on any atom is -0.354 e. The number of aromatic nitrogens is 4. The number of nitrogens with zero attached hydrogens (tertiary/aromatic N) is 8. The maximum atomic E-state index is 13.5. The van der Waals surface area contributed by atoms with Gasteiger partial charge in [0.25, 0.3) is 0 Å². The van der Waals surface area contributed by atoms with Crippen LogP contribution >= 0.6 is 12.2 Å². The topological polar surface area (TPSA) is 69.1 Å². The molecule has 4 rings (SSSR count). The first-order valence-electron chi connectivity index (χ1n) is 10.8. The molecule has 1 unspecified atom stereocenters. The number of rotatable bonds is 6. The molecule has 0 amide bonds. The van der Waals surface area contributed by atoms with Crippen LogP contribution in [0.3, 0.4) is 0 Å². The molecule has 0 saturated carbocycles. The first-order chi connectivity index (χ1) is 15.9. The first-order valence-corrected chi connectivity index (χ1v) is 11.2. The summed E-state index contributed by atoms with van der Waals surface area (Å²) in [4.78, 5) is 11.0. The van der Waals surface area contributed by atoms with Crippen LogP contribution in [0.25, 0.3) is 5.69 Å². The molecule has 1 aromatic carbocycles. The molecule has 8 nitrogen and oxygen atoms in total. The highest BCUT2D eigenvalue weighted by molar-refractivity contribution is 7.71. The van der Waals surface area contributed by atoms with Gasteiger partial charge in [-0.25, -0.2) is 14.1 Å². The van der Waals surface area contributed by atoms with Gasteiger partial charge < -0.3 is 4.90 Å². The molecule has 1 aliphatic heterocycles. The van der Waals surface area contributed by atoms with Gasteiger partial charge in [-0.2, -0.15) is 10.4 Å². The van der Waals surface area contributed by atoms with Crippen molar-refractivity contribution in [2.75, 3.05) is 45.2 Å². The van der Waals surface area contributed by atoms with Gasteiger partial charge in [-0.15, -0.1) is 0 Å². The maximum Gasteiger partial charge on any atom is 0.203 e. The van der Waals surface area contributed by atoms with E-state index in [2.05, 4.69) is 32.7 Å². The second kappa shape index (κ2) is 9.79. The monoisotopic (exact) mass is 466 g/mol. The predicted octanol–water partition coefficient (Wildman–Crippen LogP) is 3.21. The molecule has 3 aromatic rings. The lowest BCUT2D eigenvalue weighted by molar-refractivity contribution is 0.192. The summed E-state index contributed by atoms with van der Waals surface area (Å²) < 4.78 is 17.9. The Balaban J connectivity index is 1.54. The maximum absolute atomic E-state index is 13.5. The summed E-state index contributed by atoms with van der Waals surface area (Å²) in [6.45, 7) is 5.89. The molecule has 0 bridgehead atoms. The molecule has 172 valence electrons. The van der Waals surface area contributed by atoms with Gasteiger partial charge in [-0.3, -0.25) is 14.4 Å². The predicted molar refractivity (Wildman–Crippen MR) is 127 cm³/mol. The van der Waals surface area contributed by atoms with Crippen LogP contribution in [0.5, 0.6) is 0 Å². The van der Waals surface area contributed by atoms with Crippen LogP contribution in [-0.2, 0) is 6.67 Å². The Bertz CT molecular complexity index is 1200. The third-order valence-electron chi connectivity index (χ3n) is 6.00. The second-order valence-electron chi connectivity index (χ2n) is 8.35. The smallest absolute Gasteiger partial charge is 0.203 e. The molecule has 33 heavy (non-hydrogen) atoms. The van der Waals surface area contributed by atoms with Crippen LogP contribution in [0.1, 0.15) is 24.4 Å². The Hall–Kier alpha value is -3.13. The third-order valence-corrected chi connectivity index (χ3v) is 6.40. The number of hydrogen-bond donors (Lipinski definition) is 0. The molecular weight excluding hydrogens is 439 g/mol. The summed E-state index contributed by atoms with van der Waals surface area (Å²) >= 11 is 5.80. The lowest BCUT2D eigenvalue weighted by Gasteiger charge is -2.35. The van der Waals surface area contributed by atoms with E-state index in [4.69, 9.17) is 22.6 Å². The van der Waals surface area contributed by atoms with E-state index in [1.165, 1.54) is 12.1 Å². The Morgan fingerprint density at radius 2 is 1.85 bits per heavy atom. The highest BCUT2D eigenvalue weighted by atomic mass is 32.1. The van der Waals surface area contributed by atoms with Crippen molar-refractivity contribution < 1.29 is 4.39 Å². The SMILES string of the molecule is CC(c1nn(CN2CCN(c3cc(C#N)ccn3)CC2)c(=S)n1-c1ccc(F)cc1)N(C)C. The van der Waals surface area contributed by atoms with E-state index >= 15 is 0 Å². The second-order valence-corrected chi connectivity index (χ2v) is 8.72. The summed E-state index contributed by atoms with van der Waals surface area (Å²) in [5.74, 6) is 1.35. The molecule has 1 saturated heterocycles. The molecule has 0 radical (unpaired) electrons. The molecule has 10 heteroatoms. The number of pyridine rings is 1. The normalized spacial score (nSPS) is 15.6. The molecule has 0 N–H and O–H groups in total. The van der Waals surface area contributed by atoms with E-state index in [9.17, 15) is 4.39 Å². The van der Waals surface area contributed by atoms with Crippen LogP contribution in [0, 0.1) is 21.9 Å². The Kier molecular flexibility index (Phi) is 6.83. The van der Waals surface area contributed by atoms with Crippen molar-refractivity contribution >= 4 is 18.0 Å². The average Bonchev–Trinajstić information content (AvgIpc) is 3.15. The Morgan fingerprint density at radius 1 is 1.15 bits per heavy atom. The van der Waals surface area contributed by atoms with E-state index in [0.717, 1.165) is 43.5 Å². The summed E-state index contributed by atoms with van der Waals surface area (Å²) in [6, 6.07) is 12.1. The number of piperazine rings is 1. The summed E-state index contributed by atoms with van der Waals surface area (Å²) in [5, 5.41) is 14.0. The third kappa shape index (κ3) is 4.95. The molecule has 2 aromatic heterocycles. The largest absolute Gasteiger partial charge is 0.354 e. The van der Waals surface area contributed by atoms with Crippen molar-refractivity contribution in [1.29, 1.82) is 5.26 Å².